The van der Waals surface area contributed by atoms with Gasteiger partial charge in [-0.25, -0.2) is 0 Å². The second kappa shape index (κ2) is 10.9. The van der Waals surface area contributed by atoms with Gasteiger partial charge < -0.3 is 4.57 Å². The van der Waals surface area contributed by atoms with Gasteiger partial charge in [0, 0.05) is 16.5 Å². The molecule has 9 aromatic rings. The first-order valence-corrected chi connectivity index (χ1v) is 15.9. The Kier molecular flexibility index (Phi) is 6.23. The summed E-state index contributed by atoms with van der Waals surface area (Å²) in [5.74, 6) is 0. The van der Waals surface area contributed by atoms with E-state index in [-0.39, 0.29) is 0 Å². The van der Waals surface area contributed by atoms with Crippen molar-refractivity contribution in [3.05, 3.63) is 175 Å². The van der Waals surface area contributed by atoms with E-state index in [4.69, 9.17) is 0 Å². The quantitative estimate of drug-likeness (QED) is 0.199. The Bertz CT molecular complexity index is 2680. The van der Waals surface area contributed by atoms with Gasteiger partial charge >= 0.3 is 0 Å². The molecule has 0 unspecified atom stereocenters. The minimum Gasteiger partial charge on any atom is -0.309 e. The van der Waals surface area contributed by atoms with Crippen molar-refractivity contribution >= 4 is 43.4 Å². The fourth-order valence-corrected chi connectivity index (χ4v) is 7.30. The molecule has 9 rings (SSSR count). The van der Waals surface area contributed by atoms with Crippen LogP contribution in [0.15, 0.2) is 170 Å². The van der Waals surface area contributed by atoms with Crippen LogP contribution in [-0.2, 0) is 0 Å². The van der Waals surface area contributed by atoms with Gasteiger partial charge in [0.2, 0.25) is 0 Å². The maximum atomic E-state index is 9.75. The standard InChI is InChI=1S/C45H28N2/c46-29-30-19-25-44-42(27-30)43-28-32(20-26-45(43)47(44)33-13-5-2-6-14-33)35-22-24-41(39-18-10-8-16-37(35)39)40-23-21-34(31-11-3-1-4-12-31)36-15-7-9-17-38(36)40/h1-28H. The summed E-state index contributed by atoms with van der Waals surface area (Å²) in [4.78, 5) is 0. The Morgan fingerprint density at radius 3 is 1.43 bits per heavy atom. The van der Waals surface area contributed by atoms with Crippen LogP contribution >= 0.6 is 0 Å². The second-order valence-corrected chi connectivity index (χ2v) is 12.0. The summed E-state index contributed by atoms with van der Waals surface area (Å²) in [5, 5.41) is 16.9. The van der Waals surface area contributed by atoms with E-state index in [1.54, 1.807) is 0 Å². The van der Waals surface area contributed by atoms with Gasteiger partial charge in [-0.2, -0.15) is 5.26 Å². The molecule has 0 bridgehead atoms. The summed E-state index contributed by atoms with van der Waals surface area (Å²) in [6.07, 6.45) is 0. The fourth-order valence-electron chi connectivity index (χ4n) is 7.30. The average molecular weight is 597 g/mol. The number of rotatable bonds is 4. The molecule has 0 saturated carbocycles. The molecule has 0 spiro atoms. The van der Waals surface area contributed by atoms with Crippen LogP contribution in [0.3, 0.4) is 0 Å². The summed E-state index contributed by atoms with van der Waals surface area (Å²) in [6.45, 7) is 0. The first kappa shape index (κ1) is 26.9. The summed E-state index contributed by atoms with van der Waals surface area (Å²) in [6, 6.07) is 62.7. The SMILES string of the molecule is N#Cc1ccc2c(c1)c1cc(-c3ccc(-c4ccc(-c5ccccc5)c5ccccc45)c4ccccc34)ccc1n2-c1ccccc1. The number of hydrogen-bond donors (Lipinski definition) is 0. The van der Waals surface area contributed by atoms with Crippen LogP contribution in [0.25, 0.3) is 82.4 Å². The summed E-state index contributed by atoms with van der Waals surface area (Å²) < 4.78 is 2.29. The minimum absolute atomic E-state index is 0.662. The van der Waals surface area contributed by atoms with E-state index >= 15 is 0 Å². The maximum Gasteiger partial charge on any atom is 0.0991 e. The Labute approximate surface area is 273 Å². The van der Waals surface area contributed by atoms with E-state index < -0.39 is 0 Å². The highest BCUT2D eigenvalue weighted by molar-refractivity contribution is 6.14. The molecule has 8 aromatic carbocycles. The zero-order chi connectivity index (χ0) is 31.3. The highest BCUT2D eigenvalue weighted by atomic mass is 15.0. The lowest BCUT2D eigenvalue weighted by Crippen LogP contribution is -1.93. The molecule has 1 heterocycles. The highest BCUT2D eigenvalue weighted by Gasteiger charge is 2.17. The topological polar surface area (TPSA) is 28.7 Å². The molecule has 0 aliphatic heterocycles. The smallest absolute Gasteiger partial charge is 0.0991 e. The normalized spacial score (nSPS) is 11.4. The molecule has 0 saturated heterocycles. The van der Waals surface area contributed by atoms with Gasteiger partial charge in [0.15, 0.2) is 0 Å². The third-order valence-corrected chi connectivity index (χ3v) is 9.44. The predicted octanol–water partition coefficient (Wildman–Crippen LogP) is 12.0. The lowest BCUT2D eigenvalue weighted by Gasteiger charge is -2.16. The molecule has 0 N–H and O–H groups in total. The zero-order valence-corrected chi connectivity index (χ0v) is 25.6. The lowest BCUT2D eigenvalue weighted by molar-refractivity contribution is 1.18. The van der Waals surface area contributed by atoms with Crippen molar-refractivity contribution in [2.75, 3.05) is 0 Å². The van der Waals surface area contributed by atoms with Crippen LogP contribution in [0.1, 0.15) is 5.56 Å². The number of nitrogens with zero attached hydrogens (tertiary/aromatic N) is 2. The molecule has 0 aliphatic carbocycles. The average Bonchev–Trinajstić information content (AvgIpc) is 3.47. The molecule has 0 atom stereocenters. The van der Waals surface area contributed by atoms with Crippen molar-refractivity contribution in [3.8, 4) is 45.1 Å². The van der Waals surface area contributed by atoms with E-state index in [1.165, 1.54) is 49.4 Å². The van der Waals surface area contributed by atoms with E-state index in [2.05, 4.69) is 162 Å². The highest BCUT2D eigenvalue weighted by Crippen LogP contribution is 2.42. The molecule has 1 aromatic heterocycles. The van der Waals surface area contributed by atoms with Crippen molar-refractivity contribution in [2.24, 2.45) is 0 Å². The maximum absolute atomic E-state index is 9.75. The van der Waals surface area contributed by atoms with Gasteiger partial charge in [0.05, 0.1) is 22.7 Å². The Balaban J connectivity index is 1.25. The minimum atomic E-state index is 0.662. The second-order valence-electron chi connectivity index (χ2n) is 12.0. The molecule has 218 valence electrons. The van der Waals surface area contributed by atoms with E-state index in [9.17, 15) is 5.26 Å². The van der Waals surface area contributed by atoms with Crippen LogP contribution in [0.2, 0.25) is 0 Å². The third kappa shape index (κ3) is 4.33. The fraction of sp³-hybridized carbons (Fsp3) is 0. The first-order chi connectivity index (χ1) is 23.3. The van der Waals surface area contributed by atoms with Crippen LogP contribution in [-0.4, -0.2) is 4.57 Å². The Morgan fingerprint density at radius 1 is 0.362 bits per heavy atom. The van der Waals surface area contributed by atoms with Gasteiger partial charge in [0.25, 0.3) is 0 Å². The first-order valence-electron chi connectivity index (χ1n) is 15.9. The van der Waals surface area contributed by atoms with Gasteiger partial charge in [-0.05, 0) is 97.4 Å². The van der Waals surface area contributed by atoms with Crippen molar-refractivity contribution in [1.82, 2.24) is 4.57 Å². The molecule has 0 aliphatic rings. The predicted molar refractivity (Wildman–Crippen MR) is 197 cm³/mol. The van der Waals surface area contributed by atoms with Crippen molar-refractivity contribution in [1.29, 1.82) is 5.26 Å². The third-order valence-electron chi connectivity index (χ3n) is 9.44. The molecule has 47 heavy (non-hydrogen) atoms. The van der Waals surface area contributed by atoms with Gasteiger partial charge in [-0.3, -0.25) is 0 Å². The summed E-state index contributed by atoms with van der Waals surface area (Å²) in [5.41, 5.74) is 11.2. The molecular weight excluding hydrogens is 569 g/mol. The van der Waals surface area contributed by atoms with E-state index in [1.807, 2.05) is 18.2 Å². The van der Waals surface area contributed by atoms with E-state index in [0.717, 1.165) is 33.1 Å². The monoisotopic (exact) mass is 596 g/mol. The zero-order valence-electron chi connectivity index (χ0n) is 25.6. The molecule has 0 fully saturated rings. The summed E-state index contributed by atoms with van der Waals surface area (Å²) >= 11 is 0. The van der Waals surface area contributed by atoms with Gasteiger partial charge in [0.1, 0.15) is 0 Å². The van der Waals surface area contributed by atoms with Crippen molar-refractivity contribution in [2.45, 2.75) is 0 Å². The van der Waals surface area contributed by atoms with Crippen LogP contribution in [0.4, 0.5) is 0 Å². The molecule has 0 amide bonds. The van der Waals surface area contributed by atoms with Crippen molar-refractivity contribution in [3.63, 3.8) is 0 Å². The van der Waals surface area contributed by atoms with Gasteiger partial charge in [-0.15, -0.1) is 0 Å². The Morgan fingerprint density at radius 2 is 0.830 bits per heavy atom. The van der Waals surface area contributed by atoms with Gasteiger partial charge in [-0.1, -0.05) is 127 Å². The van der Waals surface area contributed by atoms with Crippen molar-refractivity contribution < 1.29 is 0 Å². The lowest BCUT2D eigenvalue weighted by atomic mass is 9.88. The number of hydrogen-bond acceptors (Lipinski definition) is 1. The molecule has 0 radical (unpaired) electrons. The van der Waals surface area contributed by atoms with E-state index in [0.29, 0.717) is 5.56 Å². The summed E-state index contributed by atoms with van der Waals surface area (Å²) in [7, 11) is 0. The number of benzene rings is 8. The number of para-hydroxylation sites is 1. The molecule has 2 nitrogen and oxygen atoms in total. The Hall–Kier alpha value is -6.43. The molecule has 2 heteroatoms. The number of aromatic nitrogens is 1. The number of nitriles is 1. The largest absolute Gasteiger partial charge is 0.309 e. The molecular formula is C45H28N2. The van der Waals surface area contributed by atoms with Crippen LogP contribution in [0.5, 0.6) is 0 Å². The number of fused-ring (bicyclic) bond motifs is 5. The van der Waals surface area contributed by atoms with Crippen LogP contribution < -0.4 is 0 Å². The van der Waals surface area contributed by atoms with Crippen LogP contribution in [0, 0.1) is 11.3 Å².